The molecule has 0 aromatic carbocycles. The monoisotopic (exact) mass is 266 g/mol. The molecule has 1 heterocycles. The fourth-order valence-corrected chi connectivity index (χ4v) is 1.21. The van der Waals surface area contributed by atoms with Gasteiger partial charge in [0.2, 0.25) is 5.91 Å². The highest BCUT2D eigenvalue weighted by Crippen LogP contribution is 2.07. The Morgan fingerprint density at radius 3 is 2.68 bits per heavy atom. The summed E-state index contributed by atoms with van der Waals surface area (Å²) in [5.41, 5.74) is 0.762. The SMILES string of the molecule is CNC(=O)c1cc(NCC(=O)NCC(=O)O)ccn1. The Balaban J connectivity index is 2.51. The van der Waals surface area contributed by atoms with Crippen LogP contribution in [0.1, 0.15) is 10.5 Å². The molecule has 2 amide bonds. The highest BCUT2D eigenvalue weighted by molar-refractivity contribution is 5.93. The number of hydrogen-bond donors (Lipinski definition) is 4. The molecule has 0 bridgehead atoms. The van der Waals surface area contributed by atoms with Gasteiger partial charge in [-0.1, -0.05) is 0 Å². The Morgan fingerprint density at radius 1 is 1.32 bits per heavy atom. The van der Waals surface area contributed by atoms with E-state index < -0.39 is 18.4 Å². The summed E-state index contributed by atoms with van der Waals surface area (Å²) in [6, 6.07) is 3.08. The number of nitrogens with one attached hydrogen (secondary N) is 3. The van der Waals surface area contributed by atoms with E-state index in [0.717, 1.165) is 0 Å². The number of carboxylic acid groups (broad SMARTS) is 1. The van der Waals surface area contributed by atoms with Crippen LogP contribution in [0.2, 0.25) is 0 Å². The third-order valence-electron chi connectivity index (χ3n) is 2.11. The number of aliphatic carboxylic acids is 1. The minimum Gasteiger partial charge on any atom is -0.480 e. The van der Waals surface area contributed by atoms with Crippen molar-refractivity contribution < 1.29 is 19.5 Å². The number of amides is 2. The molecule has 0 aliphatic rings. The van der Waals surface area contributed by atoms with Crippen LogP contribution >= 0.6 is 0 Å². The topological polar surface area (TPSA) is 120 Å². The van der Waals surface area contributed by atoms with Gasteiger partial charge in [-0.05, 0) is 12.1 Å². The fourth-order valence-electron chi connectivity index (χ4n) is 1.21. The molecule has 0 saturated carbocycles. The van der Waals surface area contributed by atoms with E-state index in [-0.39, 0.29) is 18.1 Å². The average Bonchev–Trinajstić information content (AvgIpc) is 2.42. The van der Waals surface area contributed by atoms with E-state index in [9.17, 15) is 14.4 Å². The van der Waals surface area contributed by atoms with Crippen LogP contribution in [0.3, 0.4) is 0 Å². The van der Waals surface area contributed by atoms with Gasteiger partial charge in [-0.3, -0.25) is 19.4 Å². The highest BCUT2D eigenvalue weighted by atomic mass is 16.4. The molecule has 19 heavy (non-hydrogen) atoms. The van der Waals surface area contributed by atoms with Crippen molar-refractivity contribution in [3.63, 3.8) is 0 Å². The number of hydrogen-bond acceptors (Lipinski definition) is 5. The van der Waals surface area contributed by atoms with Crippen molar-refractivity contribution in [1.29, 1.82) is 0 Å². The van der Waals surface area contributed by atoms with E-state index in [1.807, 2.05) is 0 Å². The molecule has 1 aromatic rings. The summed E-state index contributed by atoms with van der Waals surface area (Å²) >= 11 is 0. The van der Waals surface area contributed by atoms with E-state index in [1.54, 1.807) is 6.07 Å². The number of anilines is 1. The number of pyridine rings is 1. The van der Waals surface area contributed by atoms with E-state index >= 15 is 0 Å². The number of carbonyl (C=O) groups is 3. The predicted octanol–water partition coefficient (Wildman–Crippen LogP) is -0.946. The third kappa shape index (κ3) is 5.02. The van der Waals surface area contributed by atoms with Crippen LogP contribution in [0.25, 0.3) is 0 Å². The van der Waals surface area contributed by atoms with E-state index in [1.165, 1.54) is 19.3 Å². The van der Waals surface area contributed by atoms with Gasteiger partial charge >= 0.3 is 5.97 Å². The maximum atomic E-state index is 11.3. The predicted molar refractivity (Wildman–Crippen MR) is 66.8 cm³/mol. The van der Waals surface area contributed by atoms with Gasteiger partial charge in [-0.2, -0.15) is 0 Å². The molecule has 8 heteroatoms. The Labute approximate surface area is 109 Å². The zero-order chi connectivity index (χ0) is 14.3. The number of carboxylic acids is 1. The molecular weight excluding hydrogens is 252 g/mol. The molecule has 0 spiro atoms. The molecule has 0 aliphatic heterocycles. The summed E-state index contributed by atoms with van der Waals surface area (Å²) in [4.78, 5) is 36.7. The first-order valence-electron chi connectivity index (χ1n) is 5.43. The van der Waals surface area contributed by atoms with Crippen molar-refractivity contribution in [2.24, 2.45) is 0 Å². The van der Waals surface area contributed by atoms with E-state index in [4.69, 9.17) is 5.11 Å². The molecule has 0 radical (unpaired) electrons. The second-order valence-corrected chi connectivity index (χ2v) is 3.53. The minimum atomic E-state index is -1.11. The molecule has 0 aliphatic carbocycles. The van der Waals surface area contributed by atoms with E-state index in [2.05, 4.69) is 20.9 Å². The summed E-state index contributed by atoms with van der Waals surface area (Å²) in [5.74, 6) is -1.90. The Morgan fingerprint density at radius 2 is 2.05 bits per heavy atom. The molecule has 102 valence electrons. The molecular formula is C11H14N4O4. The van der Waals surface area contributed by atoms with Crippen LogP contribution in [0.5, 0.6) is 0 Å². The van der Waals surface area contributed by atoms with Crippen molar-refractivity contribution in [3.05, 3.63) is 24.0 Å². The zero-order valence-corrected chi connectivity index (χ0v) is 10.3. The third-order valence-corrected chi connectivity index (χ3v) is 2.11. The largest absolute Gasteiger partial charge is 0.480 e. The maximum Gasteiger partial charge on any atom is 0.322 e. The van der Waals surface area contributed by atoms with Gasteiger partial charge < -0.3 is 21.1 Å². The molecule has 0 fully saturated rings. The second-order valence-electron chi connectivity index (χ2n) is 3.53. The molecule has 0 saturated heterocycles. The van der Waals surface area contributed by atoms with Crippen LogP contribution in [-0.4, -0.2) is 48.0 Å². The lowest BCUT2D eigenvalue weighted by Crippen LogP contribution is -2.33. The molecule has 0 atom stereocenters. The smallest absolute Gasteiger partial charge is 0.322 e. The summed E-state index contributed by atoms with van der Waals surface area (Å²) in [6.07, 6.45) is 1.43. The van der Waals surface area contributed by atoms with Crippen LogP contribution < -0.4 is 16.0 Å². The van der Waals surface area contributed by atoms with Crippen molar-refractivity contribution in [3.8, 4) is 0 Å². The molecule has 8 nitrogen and oxygen atoms in total. The summed E-state index contributed by atoms with van der Waals surface area (Å²) in [6.45, 7) is -0.523. The molecule has 4 N–H and O–H groups in total. The Kier molecular flexibility index (Phi) is 5.27. The normalized spacial score (nSPS) is 9.53. The Hall–Kier alpha value is -2.64. The lowest BCUT2D eigenvalue weighted by molar-refractivity contribution is -0.137. The highest BCUT2D eigenvalue weighted by Gasteiger charge is 2.07. The van der Waals surface area contributed by atoms with Crippen molar-refractivity contribution in [2.45, 2.75) is 0 Å². The van der Waals surface area contributed by atoms with Gasteiger partial charge in [0.1, 0.15) is 12.2 Å². The fraction of sp³-hybridized carbons (Fsp3) is 0.273. The lowest BCUT2D eigenvalue weighted by Gasteiger charge is -2.07. The Bertz CT molecular complexity index is 489. The summed E-state index contributed by atoms with van der Waals surface area (Å²) in [7, 11) is 1.49. The summed E-state index contributed by atoms with van der Waals surface area (Å²) in [5, 5.41) is 15.8. The van der Waals surface area contributed by atoms with Gasteiger partial charge in [0.25, 0.3) is 5.91 Å². The molecule has 0 unspecified atom stereocenters. The standard InChI is InChI=1S/C11H14N4O4/c1-12-11(19)8-4-7(2-3-13-8)14-5-9(16)15-6-10(17)18/h2-4H,5-6H2,1H3,(H,12,19)(H,13,14)(H,15,16)(H,17,18). The summed E-state index contributed by atoms with van der Waals surface area (Å²) < 4.78 is 0. The first-order valence-corrected chi connectivity index (χ1v) is 5.43. The van der Waals surface area contributed by atoms with Gasteiger partial charge in [-0.15, -0.1) is 0 Å². The lowest BCUT2D eigenvalue weighted by atomic mass is 10.3. The van der Waals surface area contributed by atoms with Crippen LogP contribution in [-0.2, 0) is 9.59 Å². The number of carbonyl (C=O) groups excluding carboxylic acids is 2. The molecule has 1 rings (SSSR count). The van der Waals surface area contributed by atoms with Gasteiger partial charge in [0, 0.05) is 18.9 Å². The molecule has 1 aromatic heterocycles. The quantitative estimate of drug-likeness (QED) is 0.527. The number of rotatable bonds is 6. The van der Waals surface area contributed by atoms with Gasteiger partial charge in [-0.25, -0.2) is 0 Å². The van der Waals surface area contributed by atoms with Gasteiger partial charge in [0.15, 0.2) is 0 Å². The van der Waals surface area contributed by atoms with Crippen LogP contribution in [0, 0.1) is 0 Å². The first-order chi connectivity index (χ1) is 9.02. The van der Waals surface area contributed by atoms with Crippen LogP contribution in [0.15, 0.2) is 18.3 Å². The average molecular weight is 266 g/mol. The van der Waals surface area contributed by atoms with Crippen molar-refractivity contribution in [2.75, 3.05) is 25.5 Å². The minimum absolute atomic E-state index is 0.0928. The van der Waals surface area contributed by atoms with Crippen LogP contribution in [0.4, 0.5) is 5.69 Å². The zero-order valence-electron chi connectivity index (χ0n) is 10.3. The second kappa shape index (κ2) is 6.94. The number of nitrogens with zero attached hydrogens (tertiary/aromatic N) is 1. The number of aromatic nitrogens is 1. The van der Waals surface area contributed by atoms with E-state index in [0.29, 0.717) is 5.69 Å². The van der Waals surface area contributed by atoms with Crippen molar-refractivity contribution in [1.82, 2.24) is 15.6 Å². The van der Waals surface area contributed by atoms with Crippen molar-refractivity contribution >= 4 is 23.5 Å². The first kappa shape index (κ1) is 14.4. The maximum absolute atomic E-state index is 11.3. The van der Waals surface area contributed by atoms with Gasteiger partial charge in [0.05, 0.1) is 6.54 Å².